The number of ketones is 1. The van der Waals surface area contributed by atoms with Crippen molar-refractivity contribution in [3.8, 4) is 0 Å². The highest BCUT2D eigenvalue weighted by atomic mass is 16.1. The van der Waals surface area contributed by atoms with Gasteiger partial charge in [-0.3, -0.25) is 9.78 Å². The molecule has 29 heavy (non-hydrogen) atoms. The molecule has 0 aromatic carbocycles. The molecule has 0 saturated carbocycles. The molecule has 2 aromatic rings. The summed E-state index contributed by atoms with van der Waals surface area (Å²) in [6.45, 7) is 9.76. The fourth-order valence-electron chi connectivity index (χ4n) is 3.70. The first kappa shape index (κ1) is 23.0. The van der Waals surface area contributed by atoms with Gasteiger partial charge in [-0.2, -0.15) is 0 Å². The van der Waals surface area contributed by atoms with E-state index in [9.17, 15) is 4.79 Å². The Hall–Kier alpha value is -2.30. The topological polar surface area (TPSA) is 59.0 Å². The van der Waals surface area contributed by atoms with E-state index in [0.29, 0.717) is 6.42 Å². The maximum atomic E-state index is 11.1. The van der Waals surface area contributed by atoms with Crippen molar-refractivity contribution in [2.24, 2.45) is 5.92 Å². The van der Waals surface area contributed by atoms with Gasteiger partial charge in [-0.05, 0) is 62.6 Å². The summed E-state index contributed by atoms with van der Waals surface area (Å²) in [6, 6.07) is 4.10. The van der Waals surface area contributed by atoms with E-state index in [1.165, 1.54) is 32.1 Å². The number of carbonyl (C=O) groups is 1. The molecule has 5 heteroatoms. The van der Waals surface area contributed by atoms with Crippen LogP contribution in [0.1, 0.15) is 69.7 Å². The zero-order chi connectivity index (χ0) is 21.1. The van der Waals surface area contributed by atoms with Crippen LogP contribution in [0.5, 0.6) is 0 Å². The largest absolute Gasteiger partial charge is 0.341 e. The molecular formula is C24H36N4O. The van der Waals surface area contributed by atoms with E-state index >= 15 is 0 Å². The minimum Gasteiger partial charge on any atom is -0.341 e. The number of Topliss-reactive ketones (excluding diaryl/α,β-unsaturated/α-hetero) is 1. The summed E-state index contributed by atoms with van der Waals surface area (Å²) >= 11 is 0. The molecule has 1 aliphatic rings. The van der Waals surface area contributed by atoms with E-state index < -0.39 is 0 Å². The molecular weight excluding hydrogens is 360 g/mol. The first-order chi connectivity index (χ1) is 14.1. The molecule has 5 nitrogen and oxygen atoms in total. The van der Waals surface area contributed by atoms with Crippen molar-refractivity contribution in [3.63, 3.8) is 0 Å². The lowest BCUT2D eigenvalue weighted by Crippen LogP contribution is -2.34. The lowest BCUT2D eigenvalue weighted by molar-refractivity contribution is -0.116. The number of hydrogen-bond donors (Lipinski definition) is 0. The number of hydrogen-bond acceptors (Lipinski definition) is 5. The summed E-state index contributed by atoms with van der Waals surface area (Å²) in [5.74, 6) is 1.88. The molecule has 0 bridgehead atoms. The Morgan fingerprint density at radius 1 is 1.03 bits per heavy atom. The fourth-order valence-corrected chi connectivity index (χ4v) is 3.70. The highest BCUT2D eigenvalue weighted by molar-refractivity contribution is 5.78. The van der Waals surface area contributed by atoms with Crippen molar-refractivity contribution in [1.29, 1.82) is 0 Å². The summed E-state index contributed by atoms with van der Waals surface area (Å²) in [7, 11) is 0. The summed E-state index contributed by atoms with van der Waals surface area (Å²) in [6.07, 6.45) is 13.3. The number of pyridine rings is 1. The van der Waals surface area contributed by atoms with Crippen LogP contribution in [0.15, 0.2) is 30.7 Å². The normalized spacial score (nSPS) is 14.3. The number of piperidine rings is 1. The van der Waals surface area contributed by atoms with Crippen LogP contribution in [0.3, 0.4) is 0 Å². The zero-order valence-electron chi connectivity index (χ0n) is 18.5. The maximum absolute atomic E-state index is 11.1. The molecule has 1 aliphatic heterocycles. The highest BCUT2D eigenvalue weighted by Gasteiger charge is 2.20. The third-order valence-corrected chi connectivity index (χ3v) is 5.30. The van der Waals surface area contributed by atoms with Crippen LogP contribution in [0.2, 0.25) is 0 Å². The second-order valence-electron chi connectivity index (χ2n) is 7.77. The molecule has 0 N–H and O–H groups in total. The van der Waals surface area contributed by atoms with Gasteiger partial charge in [0.15, 0.2) is 0 Å². The van der Waals surface area contributed by atoms with Gasteiger partial charge in [0.25, 0.3) is 0 Å². The third kappa shape index (κ3) is 7.92. The molecule has 0 spiro atoms. The Bertz CT molecular complexity index is 720. The number of aryl methyl sites for hydroxylation is 2. The van der Waals surface area contributed by atoms with Gasteiger partial charge in [0, 0.05) is 43.8 Å². The van der Waals surface area contributed by atoms with Crippen molar-refractivity contribution in [3.05, 3.63) is 47.5 Å². The van der Waals surface area contributed by atoms with Crippen molar-refractivity contribution in [2.45, 2.75) is 72.6 Å². The van der Waals surface area contributed by atoms with Crippen LogP contribution in [-0.2, 0) is 17.6 Å². The molecule has 158 valence electrons. The van der Waals surface area contributed by atoms with Crippen molar-refractivity contribution in [2.75, 3.05) is 18.0 Å². The average Bonchev–Trinajstić information content (AvgIpc) is 2.74. The minimum absolute atomic E-state index is 0.185. The van der Waals surface area contributed by atoms with Crippen LogP contribution in [0, 0.1) is 12.8 Å². The van der Waals surface area contributed by atoms with Crippen molar-refractivity contribution in [1.82, 2.24) is 15.0 Å². The monoisotopic (exact) mass is 396 g/mol. The van der Waals surface area contributed by atoms with Crippen molar-refractivity contribution < 1.29 is 4.79 Å². The number of anilines is 1. The first-order valence-electron chi connectivity index (χ1n) is 11.1. The van der Waals surface area contributed by atoms with Crippen LogP contribution in [0.4, 0.5) is 5.95 Å². The fraction of sp³-hybridized carbons (Fsp3) is 0.583. The molecule has 0 unspecified atom stereocenters. The minimum atomic E-state index is 0.185. The smallest absolute Gasteiger partial charge is 0.225 e. The number of aromatic nitrogens is 3. The number of nitrogens with zero attached hydrogens (tertiary/aromatic N) is 4. The summed E-state index contributed by atoms with van der Waals surface area (Å²) in [5, 5.41) is 0. The maximum Gasteiger partial charge on any atom is 0.225 e. The predicted octanol–water partition coefficient (Wildman–Crippen LogP) is 4.97. The Kier molecular flexibility index (Phi) is 9.75. The van der Waals surface area contributed by atoms with Gasteiger partial charge in [-0.25, -0.2) is 9.97 Å². The molecule has 0 aliphatic carbocycles. The number of carbonyl (C=O) groups excluding carboxylic acids is 1. The predicted molar refractivity (Wildman–Crippen MR) is 119 cm³/mol. The van der Waals surface area contributed by atoms with E-state index in [1.807, 2.05) is 45.4 Å². The Balaban J connectivity index is 0.00000145. The summed E-state index contributed by atoms with van der Waals surface area (Å²) < 4.78 is 0. The van der Waals surface area contributed by atoms with Gasteiger partial charge < -0.3 is 4.90 Å². The second-order valence-corrected chi connectivity index (χ2v) is 7.77. The van der Waals surface area contributed by atoms with E-state index in [1.54, 1.807) is 6.92 Å². The molecule has 1 fully saturated rings. The van der Waals surface area contributed by atoms with Crippen LogP contribution >= 0.6 is 0 Å². The van der Waals surface area contributed by atoms with E-state index in [2.05, 4.69) is 25.9 Å². The highest BCUT2D eigenvalue weighted by Crippen LogP contribution is 2.25. The third-order valence-electron chi connectivity index (χ3n) is 5.30. The van der Waals surface area contributed by atoms with Gasteiger partial charge in [0.2, 0.25) is 5.95 Å². The molecule has 3 heterocycles. The van der Waals surface area contributed by atoms with Gasteiger partial charge >= 0.3 is 0 Å². The summed E-state index contributed by atoms with van der Waals surface area (Å²) in [5.41, 5.74) is 3.25. The molecule has 0 amide bonds. The Labute approximate surface area is 176 Å². The van der Waals surface area contributed by atoms with Crippen molar-refractivity contribution >= 4 is 11.7 Å². The zero-order valence-corrected chi connectivity index (χ0v) is 18.5. The Morgan fingerprint density at radius 3 is 2.31 bits per heavy atom. The molecule has 1 saturated heterocycles. The van der Waals surface area contributed by atoms with Gasteiger partial charge in [0.05, 0.1) is 0 Å². The Morgan fingerprint density at radius 2 is 1.72 bits per heavy atom. The van der Waals surface area contributed by atoms with Crippen LogP contribution in [0.25, 0.3) is 0 Å². The lowest BCUT2D eigenvalue weighted by Gasteiger charge is -2.32. The lowest BCUT2D eigenvalue weighted by atomic mass is 9.91. The summed E-state index contributed by atoms with van der Waals surface area (Å²) in [4.78, 5) is 26.8. The molecule has 0 atom stereocenters. The van der Waals surface area contributed by atoms with E-state index in [4.69, 9.17) is 0 Å². The number of unbranched alkanes of at least 4 members (excludes halogenated alkanes) is 1. The number of rotatable bonds is 8. The SMILES string of the molecule is CC.CC(=O)Cc1ccc(CCCCC2CCN(c3ncc(C)cn3)CC2)nc1. The average molecular weight is 397 g/mol. The van der Waals surface area contributed by atoms with E-state index in [-0.39, 0.29) is 5.78 Å². The molecule has 0 radical (unpaired) electrons. The quantitative estimate of drug-likeness (QED) is 0.590. The van der Waals surface area contributed by atoms with Crippen LogP contribution in [-0.4, -0.2) is 33.8 Å². The van der Waals surface area contributed by atoms with Gasteiger partial charge in [0.1, 0.15) is 5.78 Å². The standard InChI is InChI=1S/C22H30N4O.C2H6/c1-17-14-24-22(25-15-17)26-11-9-19(10-12-26)5-3-4-6-21-8-7-20(16-23-21)13-18(2)27;1-2/h7-8,14-16,19H,3-6,9-13H2,1-2H3;1-2H3. The first-order valence-corrected chi connectivity index (χ1v) is 11.1. The van der Waals surface area contributed by atoms with E-state index in [0.717, 1.165) is 48.2 Å². The second kappa shape index (κ2) is 12.3. The van der Waals surface area contributed by atoms with Crippen LogP contribution < -0.4 is 4.90 Å². The van der Waals surface area contributed by atoms with Gasteiger partial charge in [-0.1, -0.05) is 32.8 Å². The van der Waals surface area contributed by atoms with Gasteiger partial charge in [-0.15, -0.1) is 0 Å². The molecule has 3 rings (SSSR count). The molecule has 2 aromatic heterocycles.